The normalized spacial score (nSPS) is 44.9. The van der Waals surface area contributed by atoms with Gasteiger partial charge in [0.15, 0.2) is 5.60 Å². The number of aryl methyl sites for hydroxylation is 1. The smallest absolute Gasteiger partial charge is 0.339 e. The zero-order chi connectivity index (χ0) is 35.3. The van der Waals surface area contributed by atoms with Crippen molar-refractivity contribution >= 4 is 11.9 Å². The zero-order valence-electron chi connectivity index (χ0n) is 31.3. The summed E-state index contributed by atoms with van der Waals surface area (Å²) in [5.41, 5.74) is 11.9. The molecule has 13 aliphatic rings. The first-order valence-electron chi connectivity index (χ1n) is 20.8. The van der Waals surface area contributed by atoms with Gasteiger partial charge in [-0.3, -0.25) is 9.69 Å². The SMILES string of the molecule is CC1CCC2=CC3C(C)CC=C4C3C3=C2C25C(=O)OC(=CCC(C)N6CC7CC(CN4C7)C6)C2(CC3)C2(OC(=O)c3c(CCCN)cccc32)C5C1. The molecule has 5 aliphatic carbocycles. The molecule has 14 rings (SSSR count). The molecule has 1 aromatic carbocycles. The molecular weight excluding hydrogens is 647 g/mol. The van der Waals surface area contributed by atoms with E-state index in [4.69, 9.17) is 15.2 Å². The van der Waals surface area contributed by atoms with Crippen molar-refractivity contribution in [2.75, 3.05) is 32.7 Å². The molecule has 11 unspecified atom stereocenters. The second-order valence-electron chi connectivity index (χ2n) is 18.9. The van der Waals surface area contributed by atoms with E-state index in [0.29, 0.717) is 48.1 Å². The molecule has 7 heteroatoms. The number of fused-ring (bicyclic) bond motifs is 3. The van der Waals surface area contributed by atoms with Crippen molar-refractivity contribution in [2.45, 2.75) is 96.6 Å². The van der Waals surface area contributed by atoms with Gasteiger partial charge < -0.3 is 20.1 Å². The van der Waals surface area contributed by atoms with Gasteiger partial charge in [-0.25, -0.2) is 4.79 Å². The van der Waals surface area contributed by atoms with Crippen LogP contribution in [0.2, 0.25) is 0 Å². The Morgan fingerprint density at radius 1 is 0.981 bits per heavy atom. The zero-order valence-corrected chi connectivity index (χ0v) is 31.3. The molecule has 0 amide bonds. The Hall–Kier alpha value is -3.16. The van der Waals surface area contributed by atoms with E-state index in [2.05, 4.69) is 67.0 Å². The number of ether oxygens (including phenoxy) is 2. The van der Waals surface area contributed by atoms with E-state index in [-0.39, 0.29) is 17.9 Å². The Morgan fingerprint density at radius 2 is 1.81 bits per heavy atom. The Morgan fingerprint density at radius 3 is 2.62 bits per heavy atom. The summed E-state index contributed by atoms with van der Waals surface area (Å²) in [4.78, 5) is 35.5. The average molecular weight is 702 g/mol. The lowest BCUT2D eigenvalue weighted by molar-refractivity contribution is -0.278. The number of benzene rings is 1. The molecule has 8 aliphatic heterocycles. The van der Waals surface area contributed by atoms with Crippen LogP contribution >= 0.6 is 0 Å². The molecule has 2 saturated carbocycles. The Labute approximate surface area is 308 Å². The number of hydrogen-bond donors (Lipinski definition) is 1. The van der Waals surface area contributed by atoms with E-state index in [1.54, 1.807) is 5.70 Å². The summed E-state index contributed by atoms with van der Waals surface area (Å²) in [6, 6.07) is 6.70. The highest BCUT2D eigenvalue weighted by atomic mass is 16.6. The van der Waals surface area contributed by atoms with E-state index in [1.165, 1.54) is 23.1 Å². The maximum Gasteiger partial charge on any atom is 0.339 e. The highest BCUT2D eigenvalue weighted by molar-refractivity contribution is 6.00. The molecule has 3 saturated heterocycles. The molecule has 0 aromatic heterocycles. The fourth-order valence-corrected chi connectivity index (χ4v) is 14.5. The second-order valence-corrected chi connectivity index (χ2v) is 18.9. The van der Waals surface area contributed by atoms with Crippen LogP contribution in [0.1, 0.15) is 100 Å². The van der Waals surface area contributed by atoms with Crippen LogP contribution in [0.25, 0.3) is 0 Å². The number of nitrogens with zero attached hydrogens (tertiary/aromatic N) is 2. The van der Waals surface area contributed by atoms with Gasteiger partial charge in [0.05, 0.1) is 11.0 Å². The van der Waals surface area contributed by atoms with Gasteiger partial charge in [-0.1, -0.05) is 49.8 Å². The van der Waals surface area contributed by atoms with Crippen LogP contribution < -0.4 is 5.73 Å². The van der Waals surface area contributed by atoms with Crippen LogP contribution in [0, 0.1) is 52.3 Å². The first kappa shape index (κ1) is 32.3. The predicted octanol–water partition coefficient (Wildman–Crippen LogP) is 7.04. The summed E-state index contributed by atoms with van der Waals surface area (Å²) < 4.78 is 13.9. The highest BCUT2D eigenvalue weighted by Gasteiger charge is 2.93. The third kappa shape index (κ3) is 3.71. The number of carbonyl (C=O) groups is 2. The van der Waals surface area contributed by atoms with Crippen molar-refractivity contribution in [2.24, 2.45) is 58.0 Å². The van der Waals surface area contributed by atoms with Crippen molar-refractivity contribution in [1.29, 1.82) is 0 Å². The van der Waals surface area contributed by atoms with Crippen molar-refractivity contribution in [3.05, 3.63) is 81.3 Å². The lowest BCUT2D eigenvalue weighted by atomic mass is 9.28. The van der Waals surface area contributed by atoms with Crippen LogP contribution in [0.3, 0.4) is 0 Å². The molecule has 5 fully saturated rings. The molecule has 7 nitrogen and oxygen atoms in total. The molecule has 274 valence electrons. The maximum atomic E-state index is 15.4. The van der Waals surface area contributed by atoms with Gasteiger partial charge in [0.1, 0.15) is 11.2 Å². The summed E-state index contributed by atoms with van der Waals surface area (Å²) in [6.45, 7) is 12.3. The lowest BCUT2D eigenvalue weighted by Gasteiger charge is -2.72. The van der Waals surface area contributed by atoms with Crippen LogP contribution in [0.5, 0.6) is 0 Å². The number of nitrogens with two attached hydrogens (primary N) is 1. The molecule has 0 radical (unpaired) electrons. The molecule has 11 atom stereocenters. The minimum absolute atomic E-state index is 0.0833. The fraction of sp³-hybridized carbons (Fsp3) is 0.644. The van der Waals surface area contributed by atoms with Crippen molar-refractivity contribution in [3.63, 3.8) is 0 Å². The topological polar surface area (TPSA) is 85.1 Å². The van der Waals surface area contributed by atoms with Gasteiger partial charge in [-0.05, 0) is 130 Å². The van der Waals surface area contributed by atoms with Gasteiger partial charge >= 0.3 is 11.9 Å². The van der Waals surface area contributed by atoms with E-state index in [1.807, 2.05) is 0 Å². The van der Waals surface area contributed by atoms with Gasteiger partial charge in [-0.2, -0.15) is 0 Å². The third-order valence-electron chi connectivity index (χ3n) is 16.3. The van der Waals surface area contributed by atoms with Gasteiger partial charge in [0.25, 0.3) is 0 Å². The number of piperidine rings is 2. The monoisotopic (exact) mass is 701 g/mol. The van der Waals surface area contributed by atoms with Gasteiger partial charge in [-0.15, -0.1) is 0 Å². The van der Waals surface area contributed by atoms with Crippen molar-refractivity contribution in [1.82, 2.24) is 9.80 Å². The first-order valence-corrected chi connectivity index (χ1v) is 20.8. The number of rotatable bonds is 3. The first-order chi connectivity index (χ1) is 25.2. The second kappa shape index (κ2) is 11.0. The predicted molar refractivity (Wildman–Crippen MR) is 198 cm³/mol. The third-order valence-corrected chi connectivity index (χ3v) is 16.3. The number of hydrogen-bond acceptors (Lipinski definition) is 7. The van der Waals surface area contributed by atoms with Gasteiger partial charge in [0.2, 0.25) is 0 Å². The average Bonchev–Trinajstić information content (AvgIpc) is 3.58. The molecule has 10 bridgehead atoms. The molecule has 3 spiro atoms. The Kier molecular flexibility index (Phi) is 6.81. The fourth-order valence-electron chi connectivity index (χ4n) is 14.5. The van der Waals surface area contributed by atoms with Crippen molar-refractivity contribution in [3.8, 4) is 0 Å². The summed E-state index contributed by atoms with van der Waals surface area (Å²) >= 11 is 0. The summed E-state index contributed by atoms with van der Waals surface area (Å²) in [6.07, 6.45) is 17.0. The van der Waals surface area contributed by atoms with E-state index in [0.717, 1.165) is 106 Å². The van der Waals surface area contributed by atoms with Crippen molar-refractivity contribution < 1.29 is 19.1 Å². The molecular formula is C45H55N3O4. The van der Waals surface area contributed by atoms with E-state index >= 15 is 4.79 Å². The quantitative estimate of drug-likeness (QED) is 0.339. The number of esters is 2. The van der Waals surface area contributed by atoms with Crippen LogP contribution in [0.4, 0.5) is 0 Å². The van der Waals surface area contributed by atoms with Crippen LogP contribution in [-0.2, 0) is 26.3 Å². The summed E-state index contributed by atoms with van der Waals surface area (Å²) in [5, 5.41) is 0. The maximum absolute atomic E-state index is 15.4. The largest absolute Gasteiger partial charge is 0.449 e. The minimum atomic E-state index is -0.945. The molecule has 52 heavy (non-hydrogen) atoms. The molecule has 1 aromatic rings. The minimum Gasteiger partial charge on any atom is -0.449 e. The Balaban J connectivity index is 1.20. The standard InChI is InChI=1S/C45H55N3O4/c1-25-9-12-31-20-33-26(2)10-13-35-39(33)32-15-16-43-37(14-11-27(3)47-21-28-19-29(22-47)24-48(35)23-28)51-42(50)44(43,40(31)32)36(18-25)45(43)34-8-4-6-30(7-5-17-46)38(34)41(49)52-45/h4,6,8,13-14,20,25-29,33,36,39H,5,7,9-12,15-19,21-24,46H2,1-3H3. The Bertz CT molecular complexity index is 1910. The summed E-state index contributed by atoms with van der Waals surface area (Å²) in [5.74, 6) is 3.31. The summed E-state index contributed by atoms with van der Waals surface area (Å²) in [7, 11) is 0. The number of allylic oxidation sites excluding steroid dienone is 4. The van der Waals surface area contributed by atoms with E-state index < -0.39 is 16.4 Å². The molecule has 8 heterocycles. The molecule has 2 N–H and O–H groups in total. The number of carbonyl (C=O) groups excluding carboxylic acids is 2. The van der Waals surface area contributed by atoms with Crippen LogP contribution in [-0.4, -0.2) is 60.5 Å². The van der Waals surface area contributed by atoms with E-state index in [9.17, 15) is 4.79 Å². The highest BCUT2D eigenvalue weighted by Crippen LogP contribution is 2.87. The van der Waals surface area contributed by atoms with Crippen LogP contribution in [0.15, 0.2) is 64.6 Å². The van der Waals surface area contributed by atoms with Gasteiger partial charge in [0, 0.05) is 55.3 Å². The lowest BCUT2D eigenvalue weighted by Crippen LogP contribution is -2.77.